The lowest BCUT2D eigenvalue weighted by atomic mass is 10.1. The molecule has 1 amide bonds. The third kappa shape index (κ3) is 4.80. The third-order valence-corrected chi connectivity index (χ3v) is 6.60. The average Bonchev–Trinajstić information content (AvgIpc) is 3.37. The molecule has 0 atom stereocenters. The number of carbonyl (C=O) groups excluding carboxylic acids is 2. The first-order valence-corrected chi connectivity index (χ1v) is 11.3. The van der Waals surface area contributed by atoms with Crippen LogP contribution in [0.5, 0.6) is 0 Å². The molecule has 0 saturated carbocycles. The largest absolute Gasteiger partial charge is 0.465 e. The highest BCUT2D eigenvalue weighted by molar-refractivity contribution is 8.26. The maximum absolute atomic E-state index is 12.9. The molecule has 1 aliphatic rings. The van der Waals surface area contributed by atoms with Gasteiger partial charge >= 0.3 is 5.97 Å². The fraction of sp³-hybridized carbons (Fsp3) is 0.125. The molecule has 2 aromatic carbocycles. The van der Waals surface area contributed by atoms with Crippen LogP contribution >= 0.6 is 35.6 Å². The number of carbonyl (C=O) groups is 2. The van der Waals surface area contributed by atoms with E-state index < -0.39 is 5.97 Å². The van der Waals surface area contributed by atoms with Crippen molar-refractivity contribution in [3.63, 3.8) is 0 Å². The Morgan fingerprint density at radius 3 is 2.72 bits per heavy atom. The first kappa shape index (κ1) is 22.3. The van der Waals surface area contributed by atoms with Crippen molar-refractivity contribution in [3.8, 4) is 11.3 Å². The Balaban J connectivity index is 1.50. The van der Waals surface area contributed by atoms with Crippen LogP contribution in [0.15, 0.2) is 70.0 Å². The number of rotatable bonds is 6. The molecule has 0 unspecified atom stereocenters. The second-order valence-electron chi connectivity index (χ2n) is 6.96. The quantitative estimate of drug-likeness (QED) is 0.250. The first-order chi connectivity index (χ1) is 15.5. The van der Waals surface area contributed by atoms with Crippen LogP contribution in [0.2, 0.25) is 5.02 Å². The average molecular weight is 484 g/mol. The standard InChI is InChI=1S/C24H18ClNO4S2/c1-29-23(28)18-13-16(7-9-19(18)25)20-10-8-17(30-20)14-21-22(27)26(24(31)32-21)12-11-15-5-3-2-4-6-15/h2-10,13-14H,11-12H2,1H3/b21-14-. The molecule has 162 valence electrons. The summed E-state index contributed by atoms with van der Waals surface area (Å²) in [4.78, 5) is 26.9. The Morgan fingerprint density at radius 2 is 1.97 bits per heavy atom. The van der Waals surface area contributed by atoms with E-state index in [1.165, 1.54) is 18.9 Å². The van der Waals surface area contributed by atoms with E-state index >= 15 is 0 Å². The van der Waals surface area contributed by atoms with Gasteiger partial charge in [0.1, 0.15) is 15.8 Å². The summed E-state index contributed by atoms with van der Waals surface area (Å²) in [6, 6.07) is 18.5. The molecule has 0 spiro atoms. The van der Waals surface area contributed by atoms with Crippen LogP contribution in [0.3, 0.4) is 0 Å². The SMILES string of the molecule is COC(=O)c1cc(-c2ccc(/C=C3\SC(=S)N(CCc4ccccc4)C3=O)o2)ccc1Cl. The number of halogens is 1. The number of hydrogen-bond acceptors (Lipinski definition) is 6. The number of benzene rings is 2. The lowest BCUT2D eigenvalue weighted by Crippen LogP contribution is -2.30. The van der Waals surface area contributed by atoms with Crippen molar-refractivity contribution in [2.45, 2.75) is 6.42 Å². The highest BCUT2D eigenvalue weighted by Crippen LogP contribution is 2.34. The smallest absolute Gasteiger partial charge is 0.339 e. The summed E-state index contributed by atoms with van der Waals surface area (Å²) in [7, 11) is 1.30. The molecule has 0 bridgehead atoms. The van der Waals surface area contributed by atoms with Crippen LogP contribution in [0.25, 0.3) is 17.4 Å². The van der Waals surface area contributed by atoms with Gasteiger partial charge in [-0.2, -0.15) is 0 Å². The minimum Gasteiger partial charge on any atom is -0.465 e. The van der Waals surface area contributed by atoms with Crippen LogP contribution in [0.4, 0.5) is 0 Å². The van der Waals surface area contributed by atoms with Crippen molar-refractivity contribution in [1.82, 2.24) is 4.90 Å². The fourth-order valence-corrected chi connectivity index (χ4v) is 4.72. The zero-order chi connectivity index (χ0) is 22.7. The van der Waals surface area contributed by atoms with Crippen LogP contribution in [0.1, 0.15) is 21.7 Å². The molecule has 1 aliphatic heterocycles. The number of hydrogen-bond donors (Lipinski definition) is 0. The van der Waals surface area contributed by atoms with Gasteiger partial charge in [0, 0.05) is 18.2 Å². The van der Waals surface area contributed by atoms with Crippen LogP contribution in [-0.2, 0) is 16.0 Å². The molecule has 0 N–H and O–H groups in total. The van der Waals surface area contributed by atoms with Gasteiger partial charge in [-0.05, 0) is 42.3 Å². The van der Waals surface area contributed by atoms with Gasteiger partial charge in [-0.25, -0.2) is 4.79 Å². The Hall–Kier alpha value is -2.87. The molecule has 0 radical (unpaired) electrons. The topological polar surface area (TPSA) is 59.8 Å². The summed E-state index contributed by atoms with van der Waals surface area (Å²) in [5, 5.41) is 0.298. The third-order valence-electron chi connectivity index (χ3n) is 4.90. The molecule has 2 heterocycles. The summed E-state index contributed by atoms with van der Waals surface area (Å²) < 4.78 is 11.2. The number of methoxy groups -OCH3 is 1. The molecule has 1 fully saturated rings. The molecule has 1 aromatic heterocycles. The molecule has 0 aliphatic carbocycles. The maximum atomic E-state index is 12.9. The van der Waals surface area contributed by atoms with Gasteiger partial charge in [0.05, 0.1) is 22.6 Å². The van der Waals surface area contributed by atoms with Crippen molar-refractivity contribution in [2.75, 3.05) is 13.7 Å². The normalized spacial score (nSPS) is 14.9. The van der Waals surface area contributed by atoms with Crippen molar-refractivity contribution in [3.05, 3.63) is 87.5 Å². The number of amides is 1. The van der Waals surface area contributed by atoms with Gasteiger partial charge in [0.15, 0.2) is 0 Å². The Morgan fingerprint density at radius 1 is 1.19 bits per heavy atom. The summed E-state index contributed by atoms with van der Waals surface area (Å²) in [5.41, 5.74) is 2.07. The Labute approximate surface area is 200 Å². The van der Waals surface area contributed by atoms with E-state index in [9.17, 15) is 9.59 Å². The second-order valence-corrected chi connectivity index (χ2v) is 9.04. The number of thioether (sulfide) groups is 1. The number of nitrogens with zero attached hydrogens (tertiary/aromatic N) is 1. The molecule has 4 rings (SSSR count). The summed E-state index contributed by atoms with van der Waals surface area (Å²) in [6.07, 6.45) is 2.41. The van der Waals surface area contributed by atoms with Crippen molar-refractivity contribution >= 4 is 57.9 Å². The Bertz CT molecular complexity index is 1220. The van der Waals surface area contributed by atoms with Gasteiger partial charge in [-0.1, -0.05) is 65.9 Å². The van der Waals surface area contributed by atoms with Gasteiger partial charge in [-0.3, -0.25) is 9.69 Å². The molecule has 8 heteroatoms. The molecule has 32 heavy (non-hydrogen) atoms. The van der Waals surface area contributed by atoms with E-state index in [4.69, 9.17) is 33.0 Å². The lowest BCUT2D eigenvalue weighted by Gasteiger charge is -2.14. The van der Waals surface area contributed by atoms with E-state index in [2.05, 4.69) is 0 Å². The van der Waals surface area contributed by atoms with Crippen LogP contribution < -0.4 is 0 Å². The number of thiocarbonyl (C=S) groups is 1. The van der Waals surface area contributed by atoms with E-state index in [0.29, 0.717) is 37.9 Å². The molecule has 1 saturated heterocycles. The minimum absolute atomic E-state index is 0.131. The minimum atomic E-state index is -0.525. The summed E-state index contributed by atoms with van der Waals surface area (Å²) >= 11 is 12.8. The highest BCUT2D eigenvalue weighted by atomic mass is 35.5. The van der Waals surface area contributed by atoms with Crippen LogP contribution in [0, 0.1) is 0 Å². The molecule has 3 aromatic rings. The van der Waals surface area contributed by atoms with E-state index in [-0.39, 0.29) is 11.5 Å². The fourth-order valence-electron chi connectivity index (χ4n) is 3.24. The zero-order valence-electron chi connectivity index (χ0n) is 17.0. The van der Waals surface area contributed by atoms with Gasteiger partial charge < -0.3 is 9.15 Å². The maximum Gasteiger partial charge on any atom is 0.339 e. The van der Waals surface area contributed by atoms with E-state index in [1.54, 1.807) is 41.3 Å². The number of esters is 1. The van der Waals surface area contributed by atoms with E-state index in [0.717, 1.165) is 12.0 Å². The predicted octanol–water partition coefficient (Wildman–Crippen LogP) is 5.83. The van der Waals surface area contributed by atoms with Crippen molar-refractivity contribution in [2.24, 2.45) is 0 Å². The number of furan rings is 1. The second kappa shape index (κ2) is 9.73. The molecular weight excluding hydrogens is 466 g/mol. The van der Waals surface area contributed by atoms with Gasteiger partial charge in [0.25, 0.3) is 5.91 Å². The summed E-state index contributed by atoms with van der Waals surface area (Å²) in [6.45, 7) is 0.524. The van der Waals surface area contributed by atoms with Gasteiger partial charge in [0.2, 0.25) is 0 Å². The van der Waals surface area contributed by atoms with Crippen LogP contribution in [-0.4, -0.2) is 34.8 Å². The molecular formula is C24H18ClNO4S2. The highest BCUT2D eigenvalue weighted by Gasteiger charge is 2.32. The van der Waals surface area contributed by atoms with Gasteiger partial charge in [-0.15, -0.1) is 0 Å². The first-order valence-electron chi connectivity index (χ1n) is 9.73. The van der Waals surface area contributed by atoms with Crippen molar-refractivity contribution < 1.29 is 18.7 Å². The van der Waals surface area contributed by atoms with E-state index in [1.807, 2.05) is 30.3 Å². The monoisotopic (exact) mass is 483 g/mol. The van der Waals surface area contributed by atoms with Crippen molar-refractivity contribution in [1.29, 1.82) is 0 Å². The Kier molecular flexibility index (Phi) is 6.79. The number of ether oxygens (including phenoxy) is 1. The summed E-state index contributed by atoms with van der Waals surface area (Å²) in [5.74, 6) is 0.395. The molecule has 5 nitrogen and oxygen atoms in total. The predicted molar refractivity (Wildman–Crippen MR) is 131 cm³/mol. The zero-order valence-corrected chi connectivity index (χ0v) is 19.4. The lowest BCUT2D eigenvalue weighted by molar-refractivity contribution is -0.122.